The van der Waals surface area contributed by atoms with Crippen molar-refractivity contribution in [3.05, 3.63) is 23.8 Å². The molecule has 0 aliphatic heterocycles. The summed E-state index contributed by atoms with van der Waals surface area (Å²) >= 11 is 0. The molecular weight excluding hydrogens is 321 g/mol. The molecule has 5 N–H and O–H groups in total. The van der Waals surface area contributed by atoms with Gasteiger partial charge < -0.3 is 30.1 Å². The van der Waals surface area contributed by atoms with Crippen molar-refractivity contribution in [3.63, 3.8) is 0 Å². The van der Waals surface area contributed by atoms with Crippen LogP contribution in [0.3, 0.4) is 0 Å². The molecule has 23 heavy (non-hydrogen) atoms. The van der Waals surface area contributed by atoms with Gasteiger partial charge in [0.25, 0.3) is 0 Å². The minimum absolute atomic E-state index is 0.534. The lowest BCUT2D eigenvalue weighted by Crippen LogP contribution is -2.25. The van der Waals surface area contributed by atoms with E-state index >= 15 is 0 Å². The summed E-state index contributed by atoms with van der Waals surface area (Å²) in [5, 5.41) is 8.95. The number of hydrogen-bond donors (Lipinski definition) is 4. The minimum Gasteiger partial charge on any atom is -0.492 e. The third-order valence-electron chi connectivity index (χ3n) is 2.90. The molecule has 0 aliphatic carbocycles. The Morgan fingerprint density at radius 3 is 2.35 bits per heavy atom. The first kappa shape index (κ1) is 21.4. The van der Waals surface area contributed by atoms with Crippen molar-refractivity contribution in [2.24, 2.45) is 0 Å². The highest BCUT2D eigenvalue weighted by Crippen LogP contribution is 2.25. The molecule has 0 heterocycles. The van der Waals surface area contributed by atoms with Gasteiger partial charge in [0.05, 0.1) is 12.2 Å². The van der Waals surface area contributed by atoms with E-state index in [1.165, 1.54) is 0 Å². The molecule has 0 aromatic heterocycles. The summed E-state index contributed by atoms with van der Waals surface area (Å²) in [4.78, 5) is 23.9. The average molecular weight is 345 g/mol. The van der Waals surface area contributed by atoms with Crippen molar-refractivity contribution in [1.82, 2.24) is 4.90 Å². The topological polar surface area (TPSA) is 140 Å². The maximum atomic E-state index is 8.95. The normalized spacial score (nSPS) is 10.7. The van der Waals surface area contributed by atoms with Crippen molar-refractivity contribution < 1.29 is 24.0 Å². The first-order chi connectivity index (χ1) is 10.7. The zero-order valence-corrected chi connectivity index (χ0v) is 14.2. The van der Waals surface area contributed by atoms with Crippen molar-refractivity contribution >= 4 is 13.5 Å². The lowest BCUT2D eigenvalue weighted by molar-refractivity contribution is 0.249. The third-order valence-corrected chi connectivity index (χ3v) is 2.90. The Balaban J connectivity index is 0.000000841. The van der Waals surface area contributed by atoms with Gasteiger partial charge in [-0.2, -0.15) is 5.26 Å². The molecule has 0 amide bonds. The van der Waals surface area contributed by atoms with E-state index in [-0.39, 0.29) is 0 Å². The maximum absolute atomic E-state index is 8.95. The molecule has 0 saturated heterocycles. The van der Waals surface area contributed by atoms with Gasteiger partial charge in [-0.25, -0.2) is 4.57 Å². The lowest BCUT2D eigenvalue weighted by Gasteiger charge is -2.17. The standard InChI is InChI=1S/C14H21N3O.H3O4P/c1-3-17(4-2)8-5-9-18-14-10-13(16)7-6-12(14)11-15;1-5(2,3)4/h6-7,10H,3-5,8-9,16H2,1-2H3;(H3,1,2,3,4). The molecule has 130 valence electrons. The summed E-state index contributed by atoms with van der Waals surface area (Å²) < 4.78 is 14.5. The van der Waals surface area contributed by atoms with E-state index in [2.05, 4.69) is 24.8 Å². The monoisotopic (exact) mass is 345 g/mol. The molecule has 0 fully saturated rings. The van der Waals surface area contributed by atoms with Crippen LogP contribution in [0.1, 0.15) is 25.8 Å². The van der Waals surface area contributed by atoms with Gasteiger partial charge in [-0.05, 0) is 31.6 Å². The number of phosphoric acid groups is 1. The van der Waals surface area contributed by atoms with Gasteiger partial charge in [-0.1, -0.05) is 13.8 Å². The highest BCUT2D eigenvalue weighted by Gasteiger charge is 2.04. The van der Waals surface area contributed by atoms with Crippen LogP contribution in [-0.2, 0) is 4.57 Å². The number of nitrogens with zero attached hydrogens (tertiary/aromatic N) is 2. The van der Waals surface area contributed by atoms with E-state index in [9.17, 15) is 0 Å². The van der Waals surface area contributed by atoms with Gasteiger partial charge in [0.2, 0.25) is 0 Å². The Labute approximate surface area is 136 Å². The van der Waals surface area contributed by atoms with E-state index in [0.29, 0.717) is 23.6 Å². The van der Waals surface area contributed by atoms with Gasteiger partial charge in [0.1, 0.15) is 11.8 Å². The van der Waals surface area contributed by atoms with Crippen LogP contribution < -0.4 is 10.5 Å². The molecule has 0 atom stereocenters. The zero-order chi connectivity index (χ0) is 17.9. The van der Waals surface area contributed by atoms with Gasteiger partial charge >= 0.3 is 7.82 Å². The van der Waals surface area contributed by atoms with Gasteiger partial charge in [-0.15, -0.1) is 0 Å². The number of nitrogens with two attached hydrogens (primary N) is 1. The molecular formula is C14H24N3O5P. The zero-order valence-electron chi connectivity index (χ0n) is 13.3. The van der Waals surface area contributed by atoms with Gasteiger partial charge in [0.15, 0.2) is 0 Å². The molecule has 0 radical (unpaired) electrons. The van der Waals surface area contributed by atoms with E-state index < -0.39 is 7.82 Å². The maximum Gasteiger partial charge on any atom is 0.466 e. The predicted molar refractivity (Wildman–Crippen MR) is 87.7 cm³/mol. The number of ether oxygens (including phenoxy) is 1. The van der Waals surface area contributed by atoms with E-state index in [0.717, 1.165) is 26.1 Å². The van der Waals surface area contributed by atoms with Crippen LogP contribution in [0.25, 0.3) is 0 Å². The second-order valence-corrected chi connectivity index (χ2v) is 5.64. The van der Waals surface area contributed by atoms with Crippen LogP contribution >= 0.6 is 7.82 Å². The number of nitrogen functional groups attached to an aromatic ring is 1. The summed E-state index contributed by atoms with van der Waals surface area (Å²) in [6, 6.07) is 7.21. The largest absolute Gasteiger partial charge is 0.492 e. The summed E-state index contributed by atoms with van der Waals surface area (Å²) in [6.45, 7) is 8.02. The SMILES string of the molecule is CCN(CC)CCCOc1cc(N)ccc1C#N.O=P(O)(O)O. The summed E-state index contributed by atoms with van der Waals surface area (Å²) in [6.07, 6.45) is 0.946. The summed E-state index contributed by atoms with van der Waals surface area (Å²) in [5.74, 6) is 0.581. The van der Waals surface area contributed by atoms with Crippen LogP contribution in [0.4, 0.5) is 5.69 Å². The second-order valence-electron chi connectivity index (χ2n) is 4.61. The first-order valence-electron chi connectivity index (χ1n) is 7.14. The fourth-order valence-corrected chi connectivity index (χ4v) is 1.76. The molecule has 1 rings (SSSR count). The van der Waals surface area contributed by atoms with Crippen LogP contribution in [0.15, 0.2) is 18.2 Å². The fraction of sp³-hybridized carbons (Fsp3) is 0.500. The molecule has 8 nitrogen and oxygen atoms in total. The molecule has 1 aromatic rings. The van der Waals surface area contributed by atoms with Crippen LogP contribution in [-0.4, -0.2) is 45.8 Å². The number of benzene rings is 1. The summed E-state index contributed by atoms with van der Waals surface area (Å²) in [5.41, 5.74) is 6.83. The van der Waals surface area contributed by atoms with E-state index in [1.54, 1.807) is 18.2 Å². The Bertz CT molecular complexity index is 544. The average Bonchev–Trinajstić information content (AvgIpc) is 2.46. The molecule has 9 heteroatoms. The number of nitriles is 1. The second kappa shape index (κ2) is 11.0. The van der Waals surface area contributed by atoms with Crippen molar-refractivity contribution in [3.8, 4) is 11.8 Å². The Morgan fingerprint density at radius 1 is 1.30 bits per heavy atom. The Hall–Kier alpha value is -1.62. The molecule has 0 aliphatic rings. The van der Waals surface area contributed by atoms with Crippen LogP contribution in [0.5, 0.6) is 5.75 Å². The molecule has 0 saturated carbocycles. The quantitative estimate of drug-likeness (QED) is 0.329. The van der Waals surface area contributed by atoms with Crippen LogP contribution in [0.2, 0.25) is 0 Å². The third kappa shape index (κ3) is 11.6. The van der Waals surface area contributed by atoms with Gasteiger partial charge in [0, 0.05) is 18.3 Å². The number of hydrogen-bond acceptors (Lipinski definition) is 5. The van der Waals surface area contributed by atoms with E-state index in [4.69, 9.17) is 35.0 Å². The first-order valence-corrected chi connectivity index (χ1v) is 8.70. The fourth-order valence-electron chi connectivity index (χ4n) is 1.76. The van der Waals surface area contributed by atoms with Crippen molar-refractivity contribution in [2.75, 3.05) is 32.0 Å². The smallest absolute Gasteiger partial charge is 0.466 e. The molecule has 0 bridgehead atoms. The molecule has 0 spiro atoms. The molecule has 0 unspecified atom stereocenters. The highest BCUT2D eigenvalue weighted by atomic mass is 31.2. The minimum atomic E-state index is -4.64. The molecule has 1 aromatic carbocycles. The Morgan fingerprint density at radius 2 is 1.87 bits per heavy atom. The Kier molecular flexibility index (Phi) is 10.2. The predicted octanol–water partition coefficient (Wildman–Crippen LogP) is 1.32. The van der Waals surface area contributed by atoms with Crippen molar-refractivity contribution in [1.29, 1.82) is 5.26 Å². The van der Waals surface area contributed by atoms with Gasteiger partial charge in [-0.3, -0.25) is 0 Å². The van der Waals surface area contributed by atoms with E-state index in [1.807, 2.05) is 0 Å². The van der Waals surface area contributed by atoms with Crippen LogP contribution in [0, 0.1) is 11.3 Å². The lowest BCUT2D eigenvalue weighted by atomic mass is 10.2. The highest BCUT2D eigenvalue weighted by molar-refractivity contribution is 7.45. The summed E-state index contributed by atoms with van der Waals surface area (Å²) in [7, 11) is -4.64. The number of anilines is 1. The van der Waals surface area contributed by atoms with Crippen molar-refractivity contribution in [2.45, 2.75) is 20.3 Å². The number of rotatable bonds is 7.